The number of aliphatic hydroxyl groups is 2. The van der Waals surface area contributed by atoms with Gasteiger partial charge in [0.05, 0.1) is 25.4 Å². The minimum Gasteiger partial charge on any atom is -0.466 e. The summed E-state index contributed by atoms with van der Waals surface area (Å²) in [6.07, 6.45) is 99.9. The van der Waals surface area contributed by atoms with Crippen molar-refractivity contribution in [2.75, 3.05) is 13.2 Å². The van der Waals surface area contributed by atoms with Crippen LogP contribution in [0, 0.1) is 0 Å². The van der Waals surface area contributed by atoms with Gasteiger partial charge in [-0.2, -0.15) is 0 Å². The van der Waals surface area contributed by atoms with E-state index in [0.717, 1.165) is 44.9 Å². The van der Waals surface area contributed by atoms with E-state index in [-0.39, 0.29) is 18.5 Å². The van der Waals surface area contributed by atoms with Crippen molar-refractivity contribution in [3.63, 3.8) is 0 Å². The Kier molecular flexibility index (Phi) is 74.8. The first-order valence-corrected chi connectivity index (χ1v) is 39.8. The average Bonchev–Trinajstić information content (AvgIpc) is 3.53. The number of hydrogen-bond acceptors (Lipinski definition) is 5. The van der Waals surface area contributed by atoms with E-state index in [9.17, 15) is 19.8 Å². The van der Waals surface area contributed by atoms with Crippen LogP contribution in [-0.4, -0.2) is 47.4 Å². The highest BCUT2D eigenvalue weighted by molar-refractivity contribution is 5.76. The average molecular weight is 1220 g/mol. The Bertz CT molecular complexity index is 1410. The molecule has 2 unspecified atom stereocenters. The number of rotatable bonds is 75. The molecule has 3 N–H and O–H groups in total. The zero-order chi connectivity index (χ0) is 62.8. The van der Waals surface area contributed by atoms with Crippen molar-refractivity contribution in [3.05, 3.63) is 36.5 Å². The largest absolute Gasteiger partial charge is 0.466 e. The van der Waals surface area contributed by atoms with Gasteiger partial charge in [-0.25, -0.2) is 0 Å². The molecule has 0 aromatic rings. The van der Waals surface area contributed by atoms with Gasteiger partial charge < -0.3 is 20.3 Å². The predicted molar refractivity (Wildman–Crippen MR) is 384 cm³/mol. The Balaban J connectivity index is 3.36. The Morgan fingerprint density at radius 3 is 0.851 bits per heavy atom. The van der Waals surface area contributed by atoms with Crippen LogP contribution in [0.4, 0.5) is 0 Å². The fourth-order valence-electron chi connectivity index (χ4n) is 12.6. The van der Waals surface area contributed by atoms with E-state index in [2.05, 4.69) is 43.5 Å². The summed E-state index contributed by atoms with van der Waals surface area (Å²) in [5.41, 5.74) is 0. The van der Waals surface area contributed by atoms with Crippen LogP contribution in [0.2, 0.25) is 0 Å². The van der Waals surface area contributed by atoms with E-state index in [1.165, 1.54) is 372 Å². The number of carbonyl (C=O) groups excluding carboxylic acids is 2. The van der Waals surface area contributed by atoms with Crippen LogP contribution in [0.1, 0.15) is 444 Å². The summed E-state index contributed by atoms with van der Waals surface area (Å²) in [4.78, 5) is 24.6. The van der Waals surface area contributed by atoms with Gasteiger partial charge in [-0.15, -0.1) is 0 Å². The molecule has 87 heavy (non-hydrogen) atoms. The maximum atomic E-state index is 12.5. The third-order valence-electron chi connectivity index (χ3n) is 18.6. The molecule has 514 valence electrons. The minimum absolute atomic E-state index is 0.0106. The van der Waals surface area contributed by atoms with Crippen molar-refractivity contribution in [1.29, 1.82) is 0 Å². The highest BCUT2D eigenvalue weighted by Gasteiger charge is 2.18. The summed E-state index contributed by atoms with van der Waals surface area (Å²) in [5.74, 6) is -0.0487. The molecule has 0 radical (unpaired) electrons. The molecule has 0 bridgehead atoms. The predicted octanol–water partition coefficient (Wildman–Crippen LogP) is 26.2. The fourth-order valence-corrected chi connectivity index (χ4v) is 12.6. The SMILES string of the molecule is CCCC/C=C\CCCCCCCC(=O)OCCCCCCCCCCCCCCCCCC/C=C\CCCCCCCCCCCCCCCCCCCC(=O)NC(CO)C(O)/C=C/CCCCCCCCCCCCCCCCCCCCCC. The number of carbonyl (C=O) groups is 2. The van der Waals surface area contributed by atoms with Crippen LogP contribution in [-0.2, 0) is 14.3 Å². The highest BCUT2D eigenvalue weighted by atomic mass is 16.5. The smallest absolute Gasteiger partial charge is 0.305 e. The van der Waals surface area contributed by atoms with E-state index in [0.29, 0.717) is 19.4 Å². The van der Waals surface area contributed by atoms with Crippen molar-refractivity contribution < 1.29 is 24.5 Å². The first-order valence-electron chi connectivity index (χ1n) is 39.8. The van der Waals surface area contributed by atoms with Gasteiger partial charge >= 0.3 is 5.97 Å². The van der Waals surface area contributed by atoms with Crippen molar-refractivity contribution >= 4 is 11.9 Å². The molecule has 0 aromatic heterocycles. The molecule has 0 aliphatic heterocycles. The molecule has 0 aromatic carbocycles. The summed E-state index contributed by atoms with van der Waals surface area (Å²) < 4.78 is 5.47. The second-order valence-electron chi connectivity index (χ2n) is 27.4. The van der Waals surface area contributed by atoms with Gasteiger partial charge in [0.25, 0.3) is 0 Å². The monoisotopic (exact) mass is 1220 g/mol. The van der Waals surface area contributed by atoms with Gasteiger partial charge in [-0.05, 0) is 77.0 Å². The molecule has 0 saturated carbocycles. The van der Waals surface area contributed by atoms with Gasteiger partial charge in [-0.3, -0.25) is 9.59 Å². The molecular weight excluding hydrogens is 1070 g/mol. The lowest BCUT2D eigenvalue weighted by Gasteiger charge is -2.20. The summed E-state index contributed by atoms with van der Waals surface area (Å²) in [6, 6.07) is -0.626. The van der Waals surface area contributed by atoms with Gasteiger partial charge in [0.2, 0.25) is 5.91 Å². The Hall–Kier alpha value is -1.92. The second-order valence-corrected chi connectivity index (χ2v) is 27.4. The van der Waals surface area contributed by atoms with Crippen LogP contribution in [0.5, 0.6) is 0 Å². The van der Waals surface area contributed by atoms with Gasteiger partial charge in [0.15, 0.2) is 0 Å². The maximum absolute atomic E-state index is 12.5. The normalized spacial score (nSPS) is 12.6. The van der Waals surface area contributed by atoms with E-state index >= 15 is 0 Å². The van der Waals surface area contributed by atoms with Gasteiger partial charge in [-0.1, -0.05) is 391 Å². The van der Waals surface area contributed by atoms with Gasteiger partial charge in [0.1, 0.15) is 0 Å². The van der Waals surface area contributed by atoms with Crippen molar-refractivity contribution in [3.8, 4) is 0 Å². The van der Waals surface area contributed by atoms with Crippen molar-refractivity contribution in [2.45, 2.75) is 456 Å². The fraction of sp³-hybridized carbons (Fsp3) is 0.901. The first-order chi connectivity index (χ1) is 43.0. The number of nitrogens with one attached hydrogen (secondary N) is 1. The lowest BCUT2D eigenvalue weighted by atomic mass is 10.0. The molecule has 0 rings (SSSR count). The number of esters is 1. The molecule has 0 heterocycles. The molecule has 0 aliphatic carbocycles. The molecule has 6 heteroatoms. The third-order valence-corrected chi connectivity index (χ3v) is 18.6. The molecule has 1 amide bonds. The molecule has 0 fully saturated rings. The van der Waals surface area contributed by atoms with Crippen LogP contribution >= 0.6 is 0 Å². The Morgan fingerprint density at radius 1 is 0.310 bits per heavy atom. The summed E-state index contributed by atoms with van der Waals surface area (Å²) in [6.45, 7) is 4.91. The lowest BCUT2D eigenvalue weighted by molar-refractivity contribution is -0.143. The maximum Gasteiger partial charge on any atom is 0.305 e. The van der Waals surface area contributed by atoms with Crippen molar-refractivity contribution in [2.24, 2.45) is 0 Å². The Labute approximate surface area is 544 Å². The van der Waals surface area contributed by atoms with Crippen molar-refractivity contribution in [1.82, 2.24) is 5.32 Å². The third kappa shape index (κ3) is 73.0. The lowest BCUT2D eigenvalue weighted by Crippen LogP contribution is -2.45. The van der Waals surface area contributed by atoms with Crippen LogP contribution in [0.15, 0.2) is 36.5 Å². The number of unbranched alkanes of at least 4 members (excludes halogenated alkanes) is 60. The molecule has 2 atom stereocenters. The van der Waals surface area contributed by atoms with E-state index in [1.54, 1.807) is 6.08 Å². The highest BCUT2D eigenvalue weighted by Crippen LogP contribution is 2.20. The summed E-state index contributed by atoms with van der Waals surface area (Å²) in [5, 5.41) is 23.3. The zero-order valence-corrected chi connectivity index (χ0v) is 59.0. The number of hydrogen-bond donors (Lipinski definition) is 3. The number of ether oxygens (including phenoxy) is 1. The molecule has 0 saturated heterocycles. The van der Waals surface area contributed by atoms with E-state index in [1.807, 2.05) is 6.08 Å². The van der Waals surface area contributed by atoms with E-state index < -0.39 is 12.1 Å². The topological polar surface area (TPSA) is 95.9 Å². The second kappa shape index (κ2) is 76.5. The molecule has 0 spiro atoms. The first kappa shape index (κ1) is 85.1. The molecule has 0 aliphatic rings. The van der Waals surface area contributed by atoms with Crippen LogP contribution < -0.4 is 5.32 Å². The number of aliphatic hydroxyl groups excluding tert-OH is 2. The minimum atomic E-state index is -0.843. The van der Waals surface area contributed by atoms with E-state index in [4.69, 9.17) is 4.74 Å². The summed E-state index contributed by atoms with van der Waals surface area (Å²) in [7, 11) is 0. The standard InChI is InChI=1S/C81H155NO5/c1-3-5-7-9-11-13-15-16-17-18-19-20-38-41-44-47-50-54-57-61-65-69-73-79(84)78(77-83)82-80(85)74-70-66-62-58-55-51-48-45-42-39-36-34-32-30-28-26-24-22-21-23-25-27-29-31-33-35-37-40-43-46-49-52-56-60-64-68-72-76-87-81(86)75-71-67-63-59-53-14-12-10-8-6-4-2/h10,12,21,23,69,73,78-79,83-84H,3-9,11,13-20,22,24-68,70-72,74-77H2,1-2H3,(H,82,85)/b12-10-,23-21-,73-69+. The quantitative estimate of drug-likeness (QED) is 0.0320. The van der Waals surface area contributed by atoms with Gasteiger partial charge in [0, 0.05) is 12.8 Å². The van der Waals surface area contributed by atoms with Crippen LogP contribution in [0.25, 0.3) is 0 Å². The Morgan fingerprint density at radius 2 is 0.552 bits per heavy atom. The molecule has 6 nitrogen and oxygen atoms in total. The molecular formula is C81H155NO5. The summed E-state index contributed by atoms with van der Waals surface area (Å²) >= 11 is 0. The number of amides is 1. The zero-order valence-electron chi connectivity index (χ0n) is 59.0. The van der Waals surface area contributed by atoms with Crippen LogP contribution in [0.3, 0.4) is 0 Å². The number of allylic oxidation sites excluding steroid dienone is 5.